The molecule has 0 atom stereocenters. The van der Waals surface area contributed by atoms with Gasteiger partial charge in [0.25, 0.3) is 0 Å². The van der Waals surface area contributed by atoms with Crippen molar-refractivity contribution in [3.8, 4) is 22.8 Å². The summed E-state index contributed by atoms with van der Waals surface area (Å²) < 4.78 is 42.7. The Hall–Kier alpha value is -4.32. The molecule has 0 aliphatic carbocycles. The minimum Gasteiger partial charge on any atom is -0.406 e. The second-order valence-electron chi connectivity index (χ2n) is 11.9. The van der Waals surface area contributed by atoms with Gasteiger partial charge >= 0.3 is 12.4 Å². The van der Waals surface area contributed by atoms with E-state index < -0.39 is 6.36 Å². The summed E-state index contributed by atoms with van der Waals surface area (Å²) in [5, 5.41) is 8.18. The summed E-state index contributed by atoms with van der Waals surface area (Å²) >= 11 is 1.59. The molecule has 45 heavy (non-hydrogen) atoms. The molecule has 5 rings (SSSR count). The zero-order valence-corrected chi connectivity index (χ0v) is 26.3. The number of nitrogens with one attached hydrogen (secondary N) is 1. The second-order valence-corrected chi connectivity index (χ2v) is 12.9. The zero-order chi connectivity index (χ0) is 32.2. The number of nitrogens with zero attached hydrogens (tertiary/aromatic N) is 5. The van der Waals surface area contributed by atoms with Crippen molar-refractivity contribution in [1.82, 2.24) is 20.1 Å². The molecule has 1 aliphatic rings. The fourth-order valence-corrected chi connectivity index (χ4v) is 6.04. The van der Waals surface area contributed by atoms with E-state index in [1.165, 1.54) is 40.8 Å². The van der Waals surface area contributed by atoms with Crippen LogP contribution in [-0.4, -0.2) is 51.2 Å². The van der Waals surface area contributed by atoms with E-state index in [2.05, 4.69) is 69.9 Å². The number of hydrogen-bond acceptors (Lipinski definition) is 5. The number of hydrogen-bond donors (Lipinski definition) is 1. The first kappa shape index (κ1) is 32.1. The topological polar surface area (TPSA) is 84.6 Å². The number of aromatic nitrogens is 3. The largest absolute Gasteiger partial charge is 0.573 e. The molecular weight excluding hydrogens is 601 g/mol. The molecule has 4 aromatic rings. The Kier molecular flexibility index (Phi) is 9.52. The third-order valence-corrected chi connectivity index (χ3v) is 8.22. The third kappa shape index (κ3) is 8.44. The lowest BCUT2D eigenvalue weighted by Crippen LogP contribution is -2.35. The van der Waals surface area contributed by atoms with E-state index in [-0.39, 0.29) is 17.2 Å². The van der Waals surface area contributed by atoms with Gasteiger partial charge in [0.15, 0.2) is 11.0 Å². The summed E-state index contributed by atoms with van der Waals surface area (Å²) in [6.45, 7) is 9.79. The molecule has 1 aromatic heterocycles. The van der Waals surface area contributed by atoms with Gasteiger partial charge < -0.3 is 15.0 Å². The minimum atomic E-state index is -4.75. The lowest BCUT2D eigenvalue weighted by molar-refractivity contribution is -0.274. The number of benzene rings is 3. The number of alkyl halides is 3. The molecule has 8 nitrogen and oxygen atoms in total. The van der Waals surface area contributed by atoms with Crippen LogP contribution in [0, 0.1) is 5.41 Å². The molecule has 1 fully saturated rings. The SMILES string of the molecule is CC(C)c1ccccc1N1CCS/C1=N\C(=O)NCC(C)(C)Cc1ccc(-c2ncn(-c3ccc(OC(F)(F)F)cc3)n2)cc1. The van der Waals surface area contributed by atoms with Crippen LogP contribution in [0.1, 0.15) is 44.7 Å². The quantitative estimate of drug-likeness (QED) is 0.202. The number of rotatable bonds is 9. The van der Waals surface area contributed by atoms with E-state index in [9.17, 15) is 18.0 Å². The molecule has 0 unspecified atom stereocenters. The summed E-state index contributed by atoms with van der Waals surface area (Å²) in [5.41, 5.74) is 4.54. The van der Waals surface area contributed by atoms with Crippen LogP contribution in [0.4, 0.5) is 23.7 Å². The van der Waals surface area contributed by atoms with Gasteiger partial charge in [0, 0.05) is 30.1 Å². The van der Waals surface area contributed by atoms with E-state index >= 15 is 0 Å². The Morgan fingerprint density at radius 2 is 1.76 bits per heavy atom. The minimum absolute atomic E-state index is 0.230. The Labute approximate surface area is 264 Å². The van der Waals surface area contributed by atoms with Crippen LogP contribution in [0.2, 0.25) is 0 Å². The van der Waals surface area contributed by atoms with E-state index in [1.54, 1.807) is 11.8 Å². The van der Waals surface area contributed by atoms with E-state index in [0.29, 0.717) is 24.0 Å². The van der Waals surface area contributed by atoms with E-state index in [1.807, 2.05) is 36.4 Å². The van der Waals surface area contributed by atoms with Gasteiger partial charge in [0.05, 0.1) is 5.69 Å². The lowest BCUT2D eigenvalue weighted by atomic mass is 9.85. The monoisotopic (exact) mass is 636 g/mol. The highest BCUT2D eigenvalue weighted by atomic mass is 32.2. The van der Waals surface area contributed by atoms with Crippen LogP contribution < -0.4 is 15.0 Å². The number of amidine groups is 1. The standard InChI is InChI=1S/C33H35F3N6O2S/c1-22(2)27-7-5-6-8-28(27)41-17-18-45-31(41)39-30(43)37-20-32(3,4)19-23-9-11-24(12-10-23)29-38-21-42(40-29)25-13-15-26(16-14-25)44-33(34,35)36/h5-16,21-22H,17-20H2,1-4H3,(H,37,43)/b39-31-. The molecule has 1 aliphatic heterocycles. The van der Waals surface area contributed by atoms with Crippen molar-refractivity contribution in [2.75, 3.05) is 23.7 Å². The maximum atomic E-state index is 12.9. The fourth-order valence-electron chi connectivity index (χ4n) is 5.09. The Bertz CT molecular complexity index is 1650. The number of aliphatic imine (C=N–C) groups is 1. The van der Waals surface area contributed by atoms with Crippen molar-refractivity contribution in [2.24, 2.45) is 10.4 Å². The number of amides is 2. The van der Waals surface area contributed by atoms with Gasteiger partial charge in [-0.2, -0.15) is 4.99 Å². The average Bonchev–Trinajstić information content (AvgIpc) is 3.66. The van der Waals surface area contributed by atoms with Crippen LogP contribution in [0.3, 0.4) is 0 Å². The molecule has 0 bridgehead atoms. The number of anilines is 1. The van der Waals surface area contributed by atoms with Gasteiger partial charge in [-0.15, -0.1) is 18.3 Å². The van der Waals surface area contributed by atoms with Crippen molar-refractivity contribution >= 4 is 28.6 Å². The number of ether oxygens (including phenoxy) is 1. The van der Waals surface area contributed by atoms with Gasteiger partial charge in [-0.1, -0.05) is 81.9 Å². The highest BCUT2D eigenvalue weighted by molar-refractivity contribution is 8.14. The number of urea groups is 1. The van der Waals surface area contributed by atoms with Gasteiger partial charge in [0.2, 0.25) is 0 Å². The lowest BCUT2D eigenvalue weighted by Gasteiger charge is -2.25. The van der Waals surface area contributed by atoms with Crippen LogP contribution in [0.25, 0.3) is 17.1 Å². The third-order valence-electron chi connectivity index (χ3n) is 7.26. The number of thioether (sulfide) groups is 1. The predicted octanol–water partition coefficient (Wildman–Crippen LogP) is 7.84. The second kappa shape index (κ2) is 13.4. The van der Waals surface area contributed by atoms with Crippen LogP contribution in [0.15, 0.2) is 84.1 Å². The maximum absolute atomic E-state index is 12.9. The van der Waals surface area contributed by atoms with Crippen molar-refractivity contribution in [3.63, 3.8) is 0 Å². The summed E-state index contributed by atoms with van der Waals surface area (Å²) in [4.78, 5) is 23.8. The number of halogens is 3. The fraction of sp³-hybridized carbons (Fsp3) is 0.333. The highest BCUT2D eigenvalue weighted by Gasteiger charge is 2.31. The zero-order valence-electron chi connectivity index (χ0n) is 25.5. The van der Waals surface area contributed by atoms with Gasteiger partial charge in [0.1, 0.15) is 12.1 Å². The van der Waals surface area contributed by atoms with Gasteiger partial charge in [-0.25, -0.2) is 14.5 Å². The number of carbonyl (C=O) groups excluding carboxylic acids is 1. The molecule has 2 heterocycles. The first-order chi connectivity index (χ1) is 21.4. The highest BCUT2D eigenvalue weighted by Crippen LogP contribution is 2.32. The molecule has 0 radical (unpaired) electrons. The molecule has 0 saturated carbocycles. The van der Waals surface area contributed by atoms with E-state index in [4.69, 9.17) is 0 Å². The summed E-state index contributed by atoms with van der Waals surface area (Å²) in [7, 11) is 0. The van der Waals surface area contributed by atoms with Crippen molar-refractivity contribution in [3.05, 3.63) is 90.3 Å². The van der Waals surface area contributed by atoms with Crippen molar-refractivity contribution < 1.29 is 22.7 Å². The van der Waals surface area contributed by atoms with Gasteiger partial charge in [-0.05, 0) is 59.2 Å². The molecule has 236 valence electrons. The predicted molar refractivity (Wildman–Crippen MR) is 172 cm³/mol. The van der Waals surface area contributed by atoms with Crippen molar-refractivity contribution in [2.45, 2.75) is 46.4 Å². The molecular formula is C33H35F3N6O2S. The normalized spacial score (nSPS) is 14.8. The smallest absolute Gasteiger partial charge is 0.406 e. The van der Waals surface area contributed by atoms with Crippen LogP contribution >= 0.6 is 11.8 Å². The summed E-state index contributed by atoms with van der Waals surface area (Å²) in [5.74, 6) is 1.42. The molecule has 12 heteroatoms. The van der Waals surface area contributed by atoms with Crippen LogP contribution in [0.5, 0.6) is 5.75 Å². The van der Waals surface area contributed by atoms with Gasteiger partial charge in [-0.3, -0.25) is 0 Å². The van der Waals surface area contributed by atoms with Crippen molar-refractivity contribution in [1.29, 1.82) is 0 Å². The Morgan fingerprint density at radius 3 is 2.44 bits per heavy atom. The first-order valence-corrected chi connectivity index (χ1v) is 15.6. The maximum Gasteiger partial charge on any atom is 0.573 e. The Morgan fingerprint density at radius 1 is 1.04 bits per heavy atom. The number of carbonyl (C=O) groups is 1. The number of para-hydroxylation sites is 1. The molecule has 0 spiro atoms. The first-order valence-electron chi connectivity index (χ1n) is 14.6. The summed E-state index contributed by atoms with van der Waals surface area (Å²) in [6.07, 6.45) is -2.52. The molecule has 3 aromatic carbocycles. The molecule has 1 saturated heterocycles. The molecule has 2 amide bonds. The molecule has 1 N–H and O–H groups in total. The van der Waals surface area contributed by atoms with Crippen LogP contribution in [-0.2, 0) is 6.42 Å². The average molecular weight is 637 g/mol. The van der Waals surface area contributed by atoms with E-state index in [0.717, 1.165) is 40.7 Å². The Balaban J connectivity index is 1.17. The summed E-state index contributed by atoms with van der Waals surface area (Å²) in [6, 6.07) is 21.2.